The summed E-state index contributed by atoms with van der Waals surface area (Å²) in [6.45, 7) is 4.44. The summed E-state index contributed by atoms with van der Waals surface area (Å²) in [5.74, 6) is 0.306. The Morgan fingerprint density at radius 1 is 1.03 bits per heavy atom. The SMILES string of the molecule is O=C(C1CC1)N1CCCc2cc(C(O)CN3CCN(c4ccccc4F)CC3)ccc21. The Balaban J connectivity index is 1.21. The van der Waals surface area contributed by atoms with Crippen molar-refractivity contribution in [2.45, 2.75) is 31.8 Å². The molecule has 0 spiro atoms. The summed E-state index contributed by atoms with van der Waals surface area (Å²) in [4.78, 5) is 18.9. The van der Waals surface area contributed by atoms with Crippen LogP contribution in [0.3, 0.4) is 0 Å². The first-order valence-electron chi connectivity index (χ1n) is 11.4. The highest BCUT2D eigenvalue weighted by atomic mass is 19.1. The fourth-order valence-electron chi connectivity index (χ4n) is 4.83. The summed E-state index contributed by atoms with van der Waals surface area (Å²) in [5.41, 5.74) is 3.76. The lowest BCUT2D eigenvalue weighted by atomic mass is 9.96. The van der Waals surface area contributed by atoms with E-state index in [-0.39, 0.29) is 17.6 Å². The molecule has 2 aromatic carbocycles. The molecule has 2 aromatic rings. The number of benzene rings is 2. The Morgan fingerprint density at radius 2 is 1.81 bits per heavy atom. The molecule has 2 heterocycles. The van der Waals surface area contributed by atoms with Crippen LogP contribution in [-0.4, -0.2) is 55.2 Å². The van der Waals surface area contributed by atoms with Gasteiger partial charge in [-0.25, -0.2) is 4.39 Å². The van der Waals surface area contributed by atoms with Crippen molar-refractivity contribution in [1.29, 1.82) is 0 Å². The summed E-state index contributed by atoms with van der Waals surface area (Å²) < 4.78 is 14.0. The van der Waals surface area contributed by atoms with Gasteiger partial charge in [-0.2, -0.15) is 0 Å². The molecule has 1 saturated carbocycles. The lowest BCUT2D eigenvalue weighted by Gasteiger charge is -2.37. The summed E-state index contributed by atoms with van der Waals surface area (Å²) in [5, 5.41) is 10.9. The van der Waals surface area contributed by atoms with E-state index in [0.717, 1.165) is 69.7 Å². The number of carbonyl (C=O) groups excluding carboxylic acids is 1. The average molecular weight is 424 g/mol. The predicted molar refractivity (Wildman–Crippen MR) is 120 cm³/mol. The van der Waals surface area contributed by atoms with Gasteiger partial charge in [-0.1, -0.05) is 24.3 Å². The first kappa shape index (κ1) is 20.5. The summed E-state index contributed by atoms with van der Waals surface area (Å²) >= 11 is 0. The Bertz CT molecular complexity index is 954. The molecule has 1 atom stereocenters. The van der Waals surface area contributed by atoms with Crippen LogP contribution in [0.1, 0.15) is 36.5 Å². The van der Waals surface area contributed by atoms with Gasteiger partial charge in [0.15, 0.2) is 0 Å². The molecule has 1 amide bonds. The molecule has 31 heavy (non-hydrogen) atoms. The van der Waals surface area contributed by atoms with Crippen LogP contribution in [0.15, 0.2) is 42.5 Å². The number of halogens is 1. The second-order valence-electron chi connectivity index (χ2n) is 9.01. The number of aryl methyl sites for hydroxylation is 1. The molecule has 1 N–H and O–H groups in total. The van der Waals surface area contributed by atoms with Gasteiger partial charge in [0.25, 0.3) is 0 Å². The summed E-state index contributed by atoms with van der Waals surface area (Å²) in [6, 6.07) is 13.0. The van der Waals surface area contributed by atoms with Crippen LogP contribution >= 0.6 is 0 Å². The van der Waals surface area contributed by atoms with E-state index in [1.807, 2.05) is 29.2 Å². The molecule has 5 nitrogen and oxygen atoms in total. The molecule has 1 saturated heterocycles. The number of piperazine rings is 1. The van der Waals surface area contributed by atoms with E-state index < -0.39 is 6.10 Å². The highest BCUT2D eigenvalue weighted by Crippen LogP contribution is 2.36. The molecule has 5 rings (SSSR count). The van der Waals surface area contributed by atoms with E-state index >= 15 is 0 Å². The van der Waals surface area contributed by atoms with Crippen molar-refractivity contribution in [3.63, 3.8) is 0 Å². The topological polar surface area (TPSA) is 47.0 Å². The number of aliphatic hydroxyl groups is 1. The number of anilines is 2. The fourth-order valence-corrected chi connectivity index (χ4v) is 4.83. The fraction of sp³-hybridized carbons (Fsp3) is 0.480. The second-order valence-corrected chi connectivity index (χ2v) is 9.01. The van der Waals surface area contributed by atoms with E-state index in [2.05, 4.69) is 15.9 Å². The Hall–Kier alpha value is -2.44. The minimum atomic E-state index is -0.570. The molecular formula is C25H30FN3O2. The number of rotatable bonds is 5. The lowest BCUT2D eigenvalue weighted by Crippen LogP contribution is -2.47. The van der Waals surface area contributed by atoms with Gasteiger partial charge >= 0.3 is 0 Å². The van der Waals surface area contributed by atoms with E-state index in [0.29, 0.717) is 12.2 Å². The van der Waals surface area contributed by atoms with E-state index in [4.69, 9.17) is 0 Å². The first-order chi connectivity index (χ1) is 15.1. The van der Waals surface area contributed by atoms with Crippen LogP contribution in [0.2, 0.25) is 0 Å². The maximum atomic E-state index is 14.0. The minimum Gasteiger partial charge on any atom is -0.387 e. The number of β-amino-alcohol motifs (C(OH)–C–C–N with tert-alkyl or cyclic N) is 1. The number of hydrogen-bond acceptors (Lipinski definition) is 4. The molecule has 3 aliphatic rings. The number of amides is 1. The molecule has 0 radical (unpaired) electrons. The summed E-state index contributed by atoms with van der Waals surface area (Å²) in [7, 11) is 0. The van der Waals surface area contributed by atoms with Crippen LogP contribution in [0.25, 0.3) is 0 Å². The van der Waals surface area contributed by atoms with Crippen LogP contribution in [0.4, 0.5) is 15.8 Å². The third-order valence-electron chi connectivity index (χ3n) is 6.80. The maximum absolute atomic E-state index is 14.0. The van der Waals surface area contributed by atoms with Crippen molar-refractivity contribution in [2.24, 2.45) is 5.92 Å². The Labute approximate surface area is 183 Å². The molecule has 6 heteroatoms. The van der Waals surface area contributed by atoms with Crippen molar-refractivity contribution in [2.75, 3.05) is 49.1 Å². The zero-order valence-corrected chi connectivity index (χ0v) is 17.8. The number of nitrogens with zero attached hydrogens (tertiary/aromatic N) is 3. The van der Waals surface area contributed by atoms with E-state index in [1.165, 1.54) is 11.6 Å². The van der Waals surface area contributed by atoms with Gasteiger partial charge in [0.2, 0.25) is 5.91 Å². The molecule has 1 aliphatic carbocycles. The smallest absolute Gasteiger partial charge is 0.230 e. The quantitative estimate of drug-likeness (QED) is 0.801. The monoisotopic (exact) mass is 423 g/mol. The van der Waals surface area contributed by atoms with E-state index in [9.17, 15) is 14.3 Å². The normalized spacial score (nSPS) is 20.5. The number of aliphatic hydroxyl groups excluding tert-OH is 1. The van der Waals surface area contributed by atoms with E-state index in [1.54, 1.807) is 6.07 Å². The van der Waals surface area contributed by atoms with Gasteiger partial charge in [0.1, 0.15) is 5.82 Å². The molecule has 2 fully saturated rings. The zero-order chi connectivity index (χ0) is 21.4. The first-order valence-corrected chi connectivity index (χ1v) is 11.4. The van der Waals surface area contributed by atoms with Crippen molar-refractivity contribution in [3.05, 3.63) is 59.4 Å². The molecule has 0 aromatic heterocycles. The molecular weight excluding hydrogens is 393 g/mol. The van der Waals surface area contributed by atoms with Gasteiger partial charge in [-0.3, -0.25) is 9.69 Å². The van der Waals surface area contributed by atoms with Crippen LogP contribution < -0.4 is 9.80 Å². The zero-order valence-electron chi connectivity index (χ0n) is 17.8. The molecule has 1 unspecified atom stereocenters. The third kappa shape index (κ3) is 4.32. The number of fused-ring (bicyclic) bond motifs is 1. The van der Waals surface area contributed by atoms with Gasteiger partial charge in [-0.05, 0) is 55.0 Å². The average Bonchev–Trinajstić information content (AvgIpc) is 3.64. The highest BCUT2D eigenvalue weighted by Gasteiger charge is 2.35. The van der Waals surface area contributed by atoms with Gasteiger partial charge < -0.3 is 14.9 Å². The number of carbonyl (C=O) groups is 1. The Morgan fingerprint density at radius 3 is 2.55 bits per heavy atom. The van der Waals surface area contributed by atoms with Crippen LogP contribution in [0, 0.1) is 11.7 Å². The molecule has 2 aliphatic heterocycles. The van der Waals surface area contributed by atoms with Crippen molar-refractivity contribution in [1.82, 2.24) is 4.90 Å². The van der Waals surface area contributed by atoms with Gasteiger partial charge in [0.05, 0.1) is 11.8 Å². The number of hydrogen-bond donors (Lipinski definition) is 1. The minimum absolute atomic E-state index is 0.181. The standard InChI is InChI=1S/C25H30FN3O2/c26-21-5-1-2-6-23(21)28-14-12-27(13-15-28)17-24(30)20-9-10-22-19(16-20)4-3-11-29(22)25(31)18-7-8-18/h1-2,5-6,9-10,16,18,24,30H,3-4,7-8,11-15,17H2. The summed E-state index contributed by atoms with van der Waals surface area (Å²) in [6.07, 6.45) is 3.39. The second kappa shape index (κ2) is 8.60. The largest absolute Gasteiger partial charge is 0.387 e. The highest BCUT2D eigenvalue weighted by molar-refractivity contribution is 5.97. The molecule has 0 bridgehead atoms. The van der Waals surface area contributed by atoms with Gasteiger partial charge in [0, 0.05) is 50.9 Å². The predicted octanol–water partition coefficient (Wildman–Crippen LogP) is 3.37. The maximum Gasteiger partial charge on any atom is 0.230 e. The van der Waals surface area contributed by atoms with Crippen molar-refractivity contribution in [3.8, 4) is 0 Å². The third-order valence-corrected chi connectivity index (χ3v) is 6.80. The van der Waals surface area contributed by atoms with Crippen molar-refractivity contribution >= 4 is 17.3 Å². The van der Waals surface area contributed by atoms with Crippen LogP contribution in [-0.2, 0) is 11.2 Å². The van der Waals surface area contributed by atoms with Gasteiger partial charge in [-0.15, -0.1) is 0 Å². The number of para-hydroxylation sites is 1. The lowest BCUT2D eigenvalue weighted by molar-refractivity contribution is -0.119. The van der Waals surface area contributed by atoms with Crippen molar-refractivity contribution < 1.29 is 14.3 Å². The molecule has 164 valence electrons. The Kier molecular flexibility index (Phi) is 5.67. The van der Waals surface area contributed by atoms with Crippen LogP contribution in [0.5, 0.6) is 0 Å².